The third-order valence-corrected chi connectivity index (χ3v) is 6.02. The monoisotopic (exact) mass is 359 g/mol. The van der Waals surface area contributed by atoms with Crippen LogP contribution in [-0.4, -0.2) is 31.5 Å². The molecule has 1 aromatic rings. The SMILES string of the molecule is C=CCn1c(SC(C)C(=O)NC2(C#N)CCCCC2)nnc1C1CC1. The summed E-state index contributed by atoms with van der Waals surface area (Å²) < 4.78 is 2.06. The van der Waals surface area contributed by atoms with Gasteiger partial charge >= 0.3 is 0 Å². The van der Waals surface area contributed by atoms with Gasteiger partial charge in [0.15, 0.2) is 5.16 Å². The molecular weight excluding hydrogens is 334 g/mol. The van der Waals surface area contributed by atoms with Gasteiger partial charge in [0.2, 0.25) is 5.91 Å². The Morgan fingerprint density at radius 3 is 2.80 bits per heavy atom. The molecule has 1 atom stereocenters. The smallest absolute Gasteiger partial charge is 0.234 e. The van der Waals surface area contributed by atoms with E-state index in [4.69, 9.17) is 0 Å². The summed E-state index contributed by atoms with van der Waals surface area (Å²) >= 11 is 1.40. The van der Waals surface area contributed by atoms with Gasteiger partial charge in [-0.2, -0.15) is 5.26 Å². The van der Waals surface area contributed by atoms with Crippen LogP contribution in [-0.2, 0) is 11.3 Å². The predicted octanol–water partition coefficient (Wildman–Crippen LogP) is 3.16. The highest BCUT2D eigenvalue weighted by atomic mass is 32.2. The zero-order valence-electron chi connectivity index (χ0n) is 14.7. The molecule has 1 amide bonds. The Balaban J connectivity index is 1.67. The number of carbonyl (C=O) groups is 1. The molecule has 7 heteroatoms. The second kappa shape index (κ2) is 7.61. The fraction of sp³-hybridized carbons (Fsp3) is 0.667. The quantitative estimate of drug-likeness (QED) is 0.597. The first-order chi connectivity index (χ1) is 12.1. The molecule has 0 radical (unpaired) electrons. The van der Waals surface area contributed by atoms with Crippen LogP contribution in [0.2, 0.25) is 0 Å². The van der Waals surface area contributed by atoms with Crippen molar-refractivity contribution in [1.82, 2.24) is 20.1 Å². The van der Waals surface area contributed by atoms with E-state index in [1.54, 1.807) is 0 Å². The Kier molecular flexibility index (Phi) is 5.48. The lowest BCUT2D eigenvalue weighted by Gasteiger charge is -2.32. The molecule has 0 aliphatic heterocycles. The van der Waals surface area contributed by atoms with Gasteiger partial charge < -0.3 is 9.88 Å². The van der Waals surface area contributed by atoms with Crippen LogP contribution in [0.15, 0.2) is 17.8 Å². The van der Waals surface area contributed by atoms with Crippen molar-refractivity contribution in [2.75, 3.05) is 0 Å². The molecule has 25 heavy (non-hydrogen) atoms. The molecule has 0 saturated heterocycles. The van der Waals surface area contributed by atoms with Gasteiger partial charge in [-0.05, 0) is 32.6 Å². The third-order valence-electron chi connectivity index (χ3n) is 4.93. The Morgan fingerprint density at radius 2 is 2.20 bits per heavy atom. The molecule has 0 aromatic carbocycles. The predicted molar refractivity (Wildman–Crippen MR) is 97.1 cm³/mol. The Morgan fingerprint density at radius 1 is 1.48 bits per heavy atom. The van der Waals surface area contributed by atoms with Crippen molar-refractivity contribution < 1.29 is 4.79 Å². The van der Waals surface area contributed by atoms with Gasteiger partial charge in [-0.1, -0.05) is 37.1 Å². The number of allylic oxidation sites excluding steroid dienone is 1. The molecule has 134 valence electrons. The van der Waals surface area contributed by atoms with Gasteiger partial charge in [-0.3, -0.25) is 4.79 Å². The second-order valence-corrected chi connectivity index (χ2v) is 8.33. The molecule has 3 rings (SSSR count). The number of hydrogen-bond donors (Lipinski definition) is 1. The van der Waals surface area contributed by atoms with Crippen LogP contribution in [0.4, 0.5) is 0 Å². The lowest BCUT2D eigenvalue weighted by molar-refractivity contribution is -0.121. The van der Waals surface area contributed by atoms with Crippen LogP contribution in [0.3, 0.4) is 0 Å². The Bertz CT molecular complexity index is 682. The van der Waals surface area contributed by atoms with Crippen molar-refractivity contribution in [3.8, 4) is 6.07 Å². The number of nitrogens with one attached hydrogen (secondary N) is 1. The summed E-state index contributed by atoms with van der Waals surface area (Å²) in [5.41, 5.74) is -0.696. The molecule has 1 aromatic heterocycles. The van der Waals surface area contributed by atoms with Crippen LogP contribution < -0.4 is 5.32 Å². The average molecular weight is 359 g/mol. The Labute approximate surface area is 153 Å². The van der Waals surface area contributed by atoms with Crippen LogP contribution in [0.1, 0.15) is 63.6 Å². The van der Waals surface area contributed by atoms with Crippen molar-refractivity contribution in [2.45, 2.75) is 80.3 Å². The van der Waals surface area contributed by atoms with E-state index in [-0.39, 0.29) is 11.2 Å². The molecule has 1 unspecified atom stereocenters. The maximum atomic E-state index is 12.6. The van der Waals surface area contributed by atoms with Crippen LogP contribution in [0.25, 0.3) is 0 Å². The number of nitriles is 1. The van der Waals surface area contributed by atoms with Gasteiger partial charge in [0.05, 0.1) is 11.3 Å². The van der Waals surface area contributed by atoms with E-state index in [1.807, 2.05) is 13.0 Å². The molecule has 2 aliphatic rings. The normalized spacial score (nSPS) is 20.5. The molecule has 0 spiro atoms. The molecule has 2 fully saturated rings. The van der Waals surface area contributed by atoms with Crippen molar-refractivity contribution in [2.24, 2.45) is 0 Å². The highest BCUT2D eigenvalue weighted by molar-refractivity contribution is 8.00. The number of nitrogens with zero attached hydrogens (tertiary/aromatic N) is 4. The average Bonchev–Trinajstić information content (AvgIpc) is 3.39. The van der Waals surface area contributed by atoms with Gasteiger partial charge in [0.1, 0.15) is 11.4 Å². The lowest BCUT2D eigenvalue weighted by Crippen LogP contribution is -2.51. The van der Waals surface area contributed by atoms with E-state index in [9.17, 15) is 10.1 Å². The van der Waals surface area contributed by atoms with Crippen LogP contribution in [0, 0.1) is 11.3 Å². The summed E-state index contributed by atoms with van der Waals surface area (Å²) in [4.78, 5) is 12.6. The van der Waals surface area contributed by atoms with Crippen molar-refractivity contribution >= 4 is 17.7 Å². The highest BCUT2D eigenvalue weighted by Gasteiger charge is 2.35. The zero-order chi connectivity index (χ0) is 17.9. The summed E-state index contributed by atoms with van der Waals surface area (Å²) in [6.45, 7) is 6.32. The first kappa shape index (κ1) is 18.0. The summed E-state index contributed by atoms with van der Waals surface area (Å²) in [6, 6.07) is 2.34. The third kappa shape index (κ3) is 4.06. The Hall–Kier alpha value is -1.81. The summed E-state index contributed by atoms with van der Waals surface area (Å²) in [7, 11) is 0. The number of hydrogen-bond acceptors (Lipinski definition) is 5. The zero-order valence-corrected chi connectivity index (χ0v) is 15.5. The minimum absolute atomic E-state index is 0.102. The molecule has 1 heterocycles. The largest absolute Gasteiger partial charge is 0.337 e. The molecule has 2 aliphatic carbocycles. The molecule has 6 nitrogen and oxygen atoms in total. The first-order valence-corrected chi connectivity index (χ1v) is 9.90. The number of thioether (sulfide) groups is 1. The second-order valence-electron chi connectivity index (χ2n) is 7.02. The minimum Gasteiger partial charge on any atom is -0.337 e. The van der Waals surface area contributed by atoms with Crippen LogP contribution in [0.5, 0.6) is 0 Å². The van der Waals surface area contributed by atoms with E-state index >= 15 is 0 Å². The minimum atomic E-state index is -0.696. The number of rotatable bonds is 7. The fourth-order valence-corrected chi connectivity index (χ4v) is 4.17. The standard InChI is InChI=1S/C18H25N5OS/c1-3-11-23-15(14-7-8-14)21-22-17(23)25-13(2)16(24)20-18(12-19)9-5-4-6-10-18/h3,13-14H,1,4-11H2,2H3,(H,20,24). The van der Waals surface area contributed by atoms with Crippen molar-refractivity contribution in [3.05, 3.63) is 18.5 Å². The van der Waals surface area contributed by atoms with Crippen LogP contribution >= 0.6 is 11.8 Å². The van der Waals surface area contributed by atoms with E-state index in [1.165, 1.54) is 11.8 Å². The summed E-state index contributed by atoms with van der Waals surface area (Å²) in [5, 5.41) is 21.6. The number of carbonyl (C=O) groups excluding carboxylic acids is 1. The molecular formula is C18H25N5OS. The fourth-order valence-electron chi connectivity index (χ4n) is 3.30. The van der Waals surface area contributed by atoms with Gasteiger partial charge in [-0.15, -0.1) is 16.8 Å². The maximum Gasteiger partial charge on any atom is 0.234 e. The number of amides is 1. The van der Waals surface area contributed by atoms with Gasteiger partial charge in [-0.25, -0.2) is 0 Å². The molecule has 0 bridgehead atoms. The first-order valence-electron chi connectivity index (χ1n) is 9.02. The topological polar surface area (TPSA) is 83.6 Å². The summed E-state index contributed by atoms with van der Waals surface area (Å²) in [5.74, 6) is 1.39. The van der Waals surface area contributed by atoms with E-state index in [0.29, 0.717) is 12.5 Å². The summed E-state index contributed by atoms with van der Waals surface area (Å²) in [6.07, 6.45) is 8.74. The van der Waals surface area contributed by atoms with E-state index in [0.717, 1.165) is 55.9 Å². The van der Waals surface area contributed by atoms with Crippen molar-refractivity contribution in [1.29, 1.82) is 5.26 Å². The van der Waals surface area contributed by atoms with Crippen molar-refractivity contribution in [3.63, 3.8) is 0 Å². The van der Waals surface area contributed by atoms with E-state index in [2.05, 4.69) is 32.7 Å². The lowest BCUT2D eigenvalue weighted by atomic mass is 9.83. The molecule has 2 saturated carbocycles. The highest BCUT2D eigenvalue weighted by Crippen LogP contribution is 2.40. The van der Waals surface area contributed by atoms with E-state index < -0.39 is 5.54 Å². The number of aromatic nitrogens is 3. The van der Waals surface area contributed by atoms with Gasteiger partial charge in [0.25, 0.3) is 0 Å². The maximum absolute atomic E-state index is 12.6. The van der Waals surface area contributed by atoms with Gasteiger partial charge in [0, 0.05) is 12.5 Å². The molecule has 1 N–H and O–H groups in total.